The molecule has 2 unspecified atom stereocenters. The third kappa shape index (κ3) is 2.30. The zero-order valence-corrected chi connectivity index (χ0v) is 12.9. The summed E-state index contributed by atoms with van der Waals surface area (Å²) in [6, 6.07) is 8.67. The van der Waals surface area contributed by atoms with E-state index in [1.807, 2.05) is 0 Å². The molecule has 4 heteroatoms. The quantitative estimate of drug-likeness (QED) is 0.778. The van der Waals surface area contributed by atoms with Crippen molar-refractivity contribution in [2.24, 2.45) is 11.3 Å². The van der Waals surface area contributed by atoms with Gasteiger partial charge < -0.3 is 15.7 Å². The predicted molar refractivity (Wildman–Crippen MR) is 84.7 cm³/mol. The minimum atomic E-state index is -0.0898. The van der Waals surface area contributed by atoms with E-state index in [1.54, 1.807) is 0 Å². The normalized spacial score (nSPS) is 30.0. The molecule has 1 spiro atoms. The highest BCUT2D eigenvalue weighted by Crippen LogP contribution is 2.61. The summed E-state index contributed by atoms with van der Waals surface area (Å²) in [5.41, 5.74) is 3.32. The molecule has 1 aromatic carbocycles. The monoisotopic (exact) mass is 300 g/mol. The van der Waals surface area contributed by atoms with Crippen LogP contribution in [0.2, 0.25) is 0 Å². The molecule has 0 bridgehead atoms. The minimum Gasteiger partial charge on any atom is -0.396 e. The first-order valence-corrected chi connectivity index (χ1v) is 8.38. The highest BCUT2D eigenvalue weighted by Gasteiger charge is 2.57. The van der Waals surface area contributed by atoms with Crippen molar-refractivity contribution in [3.8, 4) is 0 Å². The number of carbonyl (C=O) groups is 1. The van der Waals surface area contributed by atoms with Crippen LogP contribution in [0.25, 0.3) is 0 Å². The van der Waals surface area contributed by atoms with E-state index >= 15 is 0 Å². The highest BCUT2D eigenvalue weighted by atomic mass is 16.3. The van der Waals surface area contributed by atoms with E-state index in [1.165, 1.54) is 30.4 Å². The van der Waals surface area contributed by atoms with Crippen molar-refractivity contribution in [2.75, 3.05) is 19.7 Å². The van der Waals surface area contributed by atoms with Crippen LogP contribution in [-0.4, -0.2) is 30.8 Å². The second-order valence-corrected chi connectivity index (χ2v) is 7.44. The molecule has 118 valence electrons. The Bertz CT molecular complexity index is 597. The van der Waals surface area contributed by atoms with Gasteiger partial charge in [0, 0.05) is 23.9 Å². The van der Waals surface area contributed by atoms with E-state index in [2.05, 4.69) is 34.9 Å². The number of hydrogen-bond acceptors (Lipinski definition) is 2. The van der Waals surface area contributed by atoms with Gasteiger partial charge in [-0.25, -0.2) is 4.79 Å². The summed E-state index contributed by atoms with van der Waals surface area (Å²) in [6.07, 6.45) is 5.65. The van der Waals surface area contributed by atoms with Crippen molar-refractivity contribution in [3.05, 3.63) is 35.4 Å². The van der Waals surface area contributed by atoms with Crippen LogP contribution < -0.4 is 10.6 Å². The predicted octanol–water partition coefficient (Wildman–Crippen LogP) is 1.96. The molecule has 0 radical (unpaired) electrons. The van der Waals surface area contributed by atoms with Crippen LogP contribution in [0.5, 0.6) is 0 Å². The van der Waals surface area contributed by atoms with Crippen LogP contribution in [0.4, 0.5) is 4.79 Å². The Morgan fingerprint density at radius 1 is 1.23 bits per heavy atom. The second-order valence-electron chi connectivity index (χ2n) is 7.44. The number of aliphatic hydroxyl groups is 1. The zero-order chi connectivity index (χ0) is 15.2. The maximum absolute atomic E-state index is 11.9. The maximum atomic E-state index is 11.9. The lowest BCUT2D eigenvalue weighted by atomic mass is 9.95. The van der Waals surface area contributed by atoms with E-state index in [9.17, 15) is 9.90 Å². The third-order valence-electron chi connectivity index (χ3n) is 6.05. The number of amides is 2. The molecule has 2 fully saturated rings. The SMILES string of the molecule is O=C(NCC1CC12CCc1ccccc12)NCC1(CO)CC1. The van der Waals surface area contributed by atoms with Gasteiger partial charge in [-0.2, -0.15) is 0 Å². The standard InChI is InChI=1S/C18H24N2O2/c21-12-17(7-8-17)11-20-16(22)19-10-14-9-18(14)6-5-13-3-1-2-4-15(13)18/h1-4,14,21H,5-12H2,(H2,19,20,22). The Hall–Kier alpha value is -1.55. The fraction of sp³-hybridized carbons (Fsp3) is 0.611. The fourth-order valence-corrected chi connectivity index (χ4v) is 4.11. The topological polar surface area (TPSA) is 61.4 Å². The molecule has 0 aliphatic heterocycles. The van der Waals surface area contributed by atoms with Crippen molar-refractivity contribution in [1.82, 2.24) is 10.6 Å². The molecule has 0 aromatic heterocycles. The first-order chi connectivity index (χ1) is 10.7. The number of nitrogens with one attached hydrogen (secondary N) is 2. The van der Waals surface area contributed by atoms with Gasteiger partial charge in [-0.15, -0.1) is 0 Å². The number of urea groups is 1. The summed E-state index contributed by atoms with van der Waals surface area (Å²) in [6.45, 7) is 1.52. The van der Waals surface area contributed by atoms with E-state index in [0.29, 0.717) is 17.9 Å². The summed E-state index contributed by atoms with van der Waals surface area (Å²) >= 11 is 0. The summed E-state index contributed by atoms with van der Waals surface area (Å²) in [4.78, 5) is 11.9. The van der Waals surface area contributed by atoms with Gasteiger partial charge in [-0.1, -0.05) is 24.3 Å². The second kappa shape index (κ2) is 4.98. The third-order valence-corrected chi connectivity index (χ3v) is 6.05. The van der Waals surface area contributed by atoms with E-state index in [4.69, 9.17) is 0 Å². The summed E-state index contributed by atoms with van der Waals surface area (Å²) < 4.78 is 0. The largest absolute Gasteiger partial charge is 0.396 e. The number of aryl methyl sites for hydroxylation is 1. The van der Waals surface area contributed by atoms with Gasteiger partial charge in [-0.05, 0) is 49.1 Å². The van der Waals surface area contributed by atoms with Crippen molar-refractivity contribution in [2.45, 2.75) is 37.5 Å². The van der Waals surface area contributed by atoms with Crippen molar-refractivity contribution in [3.63, 3.8) is 0 Å². The molecule has 1 aromatic rings. The van der Waals surface area contributed by atoms with Crippen LogP contribution in [-0.2, 0) is 11.8 Å². The Labute approximate surface area is 131 Å². The van der Waals surface area contributed by atoms with Crippen LogP contribution in [0.3, 0.4) is 0 Å². The van der Waals surface area contributed by atoms with Crippen LogP contribution in [0.1, 0.15) is 36.8 Å². The summed E-state index contributed by atoms with van der Waals surface area (Å²) in [5, 5.41) is 15.2. The van der Waals surface area contributed by atoms with Gasteiger partial charge in [0.2, 0.25) is 0 Å². The molecular formula is C18H24N2O2. The van der Waals surface area contributed by atoms with Gasteiger partial charge in [0.15, 0.2) is 0 Å². The lowest BCUT2D eigenvalue weighted by molar-refractivity contribution is 0.203. The van der Waals surface area contributed by atoms with E-state index < -0.39 is 0 Å². The minimum absolute atomic E-state index is 0.0253. The molecule has 3 aliphatic carbocycles. The van der Waals surface area contributed by atoms with Crippen LogP contribution in [0.15, 0.2) is 24.3 Å². The Morgan fingerprint density at radius 3 is 2.82 bits per heavy atom. The molecule has 3 N–H and O–H groups in total. The van der Waals surface area contributed by atoms with Crippen molar-refractivity contribution in [1.29, 1.82) is 0 Å². The summed E-state index contributed by atoms with van der Waals surface area (Å²) in [5.74, 6) is 0.578. The Kier molecular flexibility index (Phi) is 3.19. The van der Waals surface area contributed by atoms with Gasteiger partial charge in [0.1, 0.15) is 0 Å². The molecular weight excluding hydrogens is 276 g/mol. The zero-order valence-electron chi connectivity index (χ0n) is 12.9. The van der Waals surface area contributed by atoms with Gasteiger partial charge in [-0.3, -0.25) is 0 Å². The highest BCUT2D eigenvalue weighted by molar-refractivity contribution is 5.74. The van der Waals surface area contributed by atoms with Crippen LogP contribution >= 0.6 is 0 Å². The molecule has 3 aliphatic rings. The maximum Gasteiger partial charge on any atom is 0.314 e. The molecule has 2 amide bonds. The van der Waals surface area contributed by atoms with Crippen LogP contribution in [0, 0.1) is 11.3 Å². The molecule has 4 nitrogen and oxygen atoms in total. The van der Waals surface area contributed by atoms with E-state index in [0.717, 1.165) is 19.4 Å². The average molecular weight is 300 g/mol. The number of fused-ring (bicyclic) bond motifs is 2. The van der Waals surface area contributed by atoms with Gasteiger partial charge in [0.25, 0.3) is 0 Å². The van der Waals surface area contributed by atoms with E-state index in [-0.39, 0.29) is 18.1 Å². The smallest absolute Gasteiger partial charge is 0.314 e. The number of rotatable bonds is 5. The molecule has 0 heterocycles. The fourth-order valence-electron chi connectivity index (χ4n) is 4.11. The molecule has 0 saturated heterocycles. The Morgan fingerprint density at radius 2 is 2.05 bits per heavy atom. The van der Waals surface area contributed by atoms with Gasteiger partial charge >= 0.3 is 6.03 Å². The lowest BCUT2D eigenvalue weighted by Crippen LogP contribution is -2.40. The van der Waals surface area contributed by atoms with Crippen molar-refractivity contribution >= 4 is 6.03 Å². The summed E-state index contributed by atoms with van der Waals surface area (Å²) in [7, 11) is 0. The Balaban J connectivity index is 1.27. The number of benzene rings is 1. The first kappa shape index (κ1) is 14.1. The molecule has 2 atom stereocenters. The van der Waals surface area contributed by atoms with Gasteiger partial charge in [0.05, 0.1) is 6.61 Å². The molecule has 2 saturated carbocycles. The lowest BCUT2D eigenvalue weighted by Gasteiger charge is -2.15. The first-order valence-electron chi connectivity index (χ1n) is 8.38. The average Bonchev–Trinajstić information content (AvgIpc) is 3.43. The molecule has 4 rings (SSSR count). The molecule has 22 heavy (non-hydrogen) atoms. The van der Waals surface area contributed by atoms with Crippen molar-refractivity contribution < 1.29 is 9.90 Å². The number of aliphatic hydroxyl groups excluding tert-OH is 1. The number of hydrogen-bond donors (Lipinski definition) is 3. The number of carbonyl (C=O) groups excluding carboxylic acids is 1.